The van der Waals surface area contributed by atoms with Crippen molar-refractivity contribution < 1.29 is 48.7 Å². The Morgan fingerprint density at radius 1 is 0.848 bits per heavy atom. The number of likely N-dealkylation sites (N-methyl/N-ethyl adjacent to an activating group) is 1. The van der Waals surface area contributed by atoms with Gasteiger partial charge in [-0.3, -0.25) is 14.5 Å². The quantitative estimate of drug-likeness (QED) is 0.411. The second kappa shape index (κ2) is 12.8. The first-order chi connectivity index (χ1) is 21.1. The summed E-state index contributed by atoms with van der Waals surface area (Å²) in [4.78, 5) is 31.9. The third-order valence-corrected chi connectivity index (χ3v) is 10.1. The minimum absolute atomic E-state index is 0.000166. The van der Waals surface area contributed by atoms with Crippen molar-refractivity contribution in [2.45, 2.75) is 43.6 Å². The minimum atomic E-state index is -5.10. The van der Waals surface area contributed by atoms with Crippen LogP contribution in [0.3, 0.4) is 0 Å². The number of likely N-dealkylation sites (tertiary alicyclic amines) is 1. The molecule has 2 aliphatic rings. The molecule has 0 N–H and O–H groups in total. The molecule has 8 nitrogen and oxygen atoms in total. The molecule has 254 valence electrons. The van der Waals surface area contributed by atoms with Crippen LogP contribution in [0, 0.1) is 5.82 Å². The van der Waals surface area contributed by atoms with Crippen LogP contribution < -0.4 is 0 Å². The molecule has 0 spiro atoms. The topological polar surface area (TPSA) is 81.2 Å². The monoisotopic (exact) mass is 680 g/mol. The van der Waals surface area contributed by atoms with Gasteiger partial charge in [-0.25, -0.2) is 12.8 Å². The van der Waals surface area contributed by atoms with Gasteiger partial charge >= 0.3 is 12.4 Å². The van der Waals surface area contributed by atoms with Crippen LogP contribution in [-0.2, 0) is 37.4 Å². The number of nitrogens with zero attached hydrogens (tertiary/aromatic N) is 4. The van der Waals surface area contributed by atoms with Crippen LogP contribution in [0.2, 0.25) is 0 Å². The largest absolute Gasteiger partial charge is 0.416 e. The van der Waals surface area contributed by atoms with Crippen LogP contribution >= 0.6 is 0 Å². The Hall–Kier alpha value is -3.24. The maximum absolute atomic E-state index is 13.9. The Kier molecular flexibility index (Phi) is 9.87. The number of piperazine rings is 1. The lowest BCUT2D eigenvalue weighted by molar-refractivity contribution is -0.144. The van der Waals surface area contributed by atoms with Gasteiger partial charge in [0.15, 0.2) is 0 Å². The number of alkyl halides is 6. The number of carbonyl (C=O) groups excluding carboxylic acids is 2. The molecule has 16 heteroatoms. The van der Waals surface area contributed by atoms with Gasteiger partial charge in [-0.1, -0.05) is 12.1 Å². The van der Waals surface area contributed by atoms with Crippen molar-refractivity contribution in [3.05, 3.63) is 70.5 Å². The average Bonchev–Trinajstić information content (AvgIpc) is 3.41. The van der Waals surface area contributed by atoms with E-state index in [1.807, 2.05) is 0 Å². The lowest BCUT2D eigenvalue weighted by atomic mass is 9.80. The number of carbonyl (C=O) groups is 2. The van der Waals surface area contributed by atoms with Gasteiger partial charge in [-0.05, 0) is 55.3 Å². The molecule has 0 aromatic heterocycles. The molecule has 4 rings (SSSR count). The highest BCUT2D eigenvalue weighted by atomic mass is 32.2. The molecular formula is C30H35F7N4O4S. The van der Waals surface area contributed by atoms with E-state index in [9.17, 15) is 48.7 Å². The van der Waals surface area contributed by atoms with Gasteiger partial charge in [-0.15, -0.1) is 0 Å². The molecule has 2 aromatic rings. The molecule has 0 radical (unpaired) electrons. The molecule has 2 aliphatic heterocycles. The van der Waals surface area contributed by atoms with E-state index < -0.39 is 68.2 Å². The smallest absolute Gasteiger partial charge is 0.340 e. The molecule has 2 heterocycles. The second-order valence-corrected chi connectivity index (χ2v) is 14.3. The molecule has 1 unspecified atom stereocenters. The van der Waals surface area contributed by atoms with Gasteiger partial charge < -0.3 is 9.80 Å². The number of benzene rings is 2. The van der Waals surface area contributed by atoms with E-state index in [-0.39, 0.29) is 44.7 Å². The molecule has 2 atom stereocenters. The average molecular weight is 681 g/mol. The van der Waals surface area contributed by atoms with Gasteiger partial charge in [0.05, 0.1) is 35.4 Å². The lowest BCUT2D eigenvalue weighted by Crippen LogP contribution is -2.51. The van der Waals surface area contributed by atoms with Crippen LogP contribution in [0.15, 0.2) is 42.5 Å². The zero-order valence-electron chi connectivity index (χ0n) is 25.6. The maximum Gasteiger partial charge on any atom is 0.416 e. The number of halogens is 7. The number of hydrogen-bond donors (Lipinski definition) is 0. The highest BCUT2D eigenvalue weighted by Crippen LogP contribution is 2.40. The van der Waals surface area contributed by atoms with Gasteiger partial charge in [0, 0.05) is 52.2 Å². The molecule has 2 amide bonds. The van der Waals surface area contributed by atoms with Crippen molar-refractivity contribution >= 4 is 21.8 Å². The van der Waals surface area contributed by atoms with Crippen molar-refractivity contribution in [3.8, 4) is 0 Å². The van der Waals surface area contributed by atoms with Crippen LogP contribution in [-0.4, -0.2) is 104 Å². The summed E-state index contributed by atoms with van der Waals surface area (Å²) in [6, 6.07) is 5.74. The Labute approximate surface area is 262 Å². The highest BCUT2D eigenvalue weighted by molar-refractivity contribution is 7.88. The normalized spacial score (nSPS) is 20.6. The van der Waals surface area contributed by atoms with Crippen molar-refractivity contribution in [2.24, 2.45) is 0 Å². The zero-order valence-corrected chi connectivity index (χ0v) is 26.4. The first-order valence-electron chi connectivity index (χ1n) is 14.4. The summed E-state index contributed by atoms with van der Waals surface area (Å²) >= 11 is 0. The fourth-order valence-electron chi connectivity index (χ4n) is 5.96. The van der Waals surface area contributed by atoms with E-state index in [0.29, 0.717) is 30.8 Å². The number of rotatable bonds is 7. The van der Waals surface area contributed by atoms with E-state index in [0.717, 1.165) is 6.26 Å². The van der Waals surface area contributed by atoms with Gasteiger partial charge in [0.2, 0.25) is 21.8 Å². The van der Waals surface area contributed by atoms with Crippen LogP contribution in [0.5, 0.6) is 0 Å². The van der Waals surface area contributed by atoms with Crippen LogP contribution in [0.25, 0.3) is 0 Å². The first kappa shape index (κ1) is 35.6. The van der Waals surface area contributed by atoms with Gasteiger partial charge in [0.25, 0.3) is 0 Å². The van der Waals surface area contributed by atoms with Crippen LogP contribution in [0.4, 0.5) is 30.7 Å². The lowest BCUT2D eigenvalue weighted by Gasteiger charge is -2.36. The fraction of sp³-hybridized carbons (Fsp3) is 0.533. The molecule has 0 bridgehead atoms. The second-order valence-electron chi connectivity index (χ2n) is 12.3. The van der Waals surface area contributed by atoms with Crippen molar-refractivity contribution in [1.82, 2.24) is 19.0 Å². The van der Waals surface area contributed by atoms with E-state index in [2.05, 4.69) is 0 Å². The zero-order chi connectivity index (χ0) is 34.4. The third-order valence-electron chi connectivity index (χ3n) is 8.76. The summed E-state index contributed by atoms with van der Waals surface area (Å²) in [5, 5.41) is 0. The summed E-state index contributed by atoms with van der Waals surface area (Å²) in [7, 11) is -2.00. The van der Waals surface area contributed by atoms with Crippen molar-refractivity contribution in [1.29, 1.82) is 0 Å². The number of hydrogen-bond acceptors (Lipinski definition) is 5. The highest BCUT2D eigenvalue weighted by Gasteiger charge is 2.45. The summed E-state index contributed by atoms with van der Waals surface area (Å²) in [6.45, 7) is 3.62. The SMILES string of the molecule is CN(C(=O)C(C)(C)c1cc(C(F)(F)F)cc(C(F)(F)F)c1)[C@@H]1CN(C(=O)CN2CCN(S(C)(=O)=O)CC2)CC1c1ccc(F)cc1. The van der Waals surface area contributed by atoms with E-state index >= 15 is 0 Å². The Morgan fingerprint density at radius 2 is 1.35 bits per heavy atom. The molecule has 2 aromatic carbocycles. The minimum Gasteiger partial charge on any atom is -0.340 e. The molecule has 2 saturated heterocycles. The molecule has 0 aliphatic carbocycles. The Balaban J connectivity index is 1.60. The fourth-order valence-corrected chi connectivity index (χ4v) is 6.79. The predicted octanol–water partition coefficient (Wildman–Crippen LogP) is 4.17. The summed E-state index contributed by atoms with van der Waals surface area (Å²) in [5.74, 6) is -2.16. The summed E-state index contributed by atoms with van der Waals surface area (Å²) in [5.41, 5.74) is -4.83. The number of sulfonamides is 1. The molecule has 2 fully saturated rings. The van der Waals surface area contributed by atoms with Crippen molar-refractivity contribution in [3.63, 3.8) is 0 Å². The third kappa shape index (κ3) is 7.82. The summed E-state index contributed by atoms with van der Waals surface area (Å²) < 4.78 is 120. The maximum atomic E-state index is 13.9. The predicted molar refractivity (Wildman–Crippen MR) is 155 cm³/mol. The Morgan fingerprint density at radius 3 is 1.83 bits per heavy atom. The van der Waals surface area contributed by atoms with Crippen molar-refractivity contribution in [2.75, 3.05) is 59.1 Å². The van der Waals surface area contributed by atoms with Crippen LogP contribution in [0.1, 0.15) is 42.0 Å². The van der Waals surface area contributed by atoms with E-state index in [1.165, 1.54) is 59.3 Å². The number of amides is 2. The molecule has 46 heavy (non-hydrogen) atoms. The summed E-state index contributed by atoms with van der Waals surface area (Å²) in [6.07, 6.45) is -9.09. The van der Waals surface area contributed by atoms with Gasteiger partial charge in [0.1, 0.15) is 5.82 Å². The first-order valence-corrected chi connectivity index (χ1v) is 16.2. The standard InChI is InChI=1S/C30H35F7N4O4S/c1-28(2,20-13-21(29(32,33)34)15-22(14-20)30(35,36)37)27(43)38(3)25-17-40(16-24(25)19-5-7-23(31)8-6-19)26(42)18-39-9-11-41(12-10-39)46(4,44)45/h5-8,13-15,24-25H,9-12,16-18H2,1-4H3/t24?,25-/m1/s1. The molecular weight excluding hydrogens is 645 g/mol. The van der Waals surface area contributed by atoms with E-state index in [1.54, 1.807) is 4.90 Å². The van der Waals surface area contributed by atoms with Gasteiger partial charge in [-0.2, -0.15) is 30.6 Å². The molecule has 0 saturated carbocycles. The van der Waals surface area contributed by atoms with E-state index in [4.69, 9.17) is 0 Å². The Bertz CT molecular complexity index is 1520.